The lowest BCUT2D eigenvalue weighted by molar-refractivity contribution is -0.120. The zero-order valence-corrected chi connectivity index (χ0v) is 23.2. The van der Waals surface area contributed by atoms with E-state index in [0.29, 0.717) is 18.9 Å². The minimum Gasteiger partial charge on any atom is -0.493 e. The van der Waals surface area contributed by atoms with E-state index in [0.717, 1.165) is 30.8 Å². The Labute approximate surface area is 220 Å². The summed E-state index contributed by atoms with van der Waals surface area (Å²) in [5.41, 5.74) is 2.06. The molecule has 1 amide bonds. The van der Waals surface area contributed by atoms with Crippen molar-refractivity contribution in [1.29, 1.82) is 0 Å². The second-order valence-electron chi connectivity index (χ2n) is 9.87. The van der Waals surface area contributed by atoms with Gasteiger partial charge < -0.3 is 19.7 Å². The first-order valence-corrected chi connectivity index (χ1v) is 14.3. The Balaban J connectivity index is 1.63. The van der Waals surface area contributed by atoms with E-state index in [1.165, 1.54) is 76.2 Å². The molecule has 0 aliphatic carbocycles. The second kappa shape index (κ2) is 18.8. The van der Waals surface area contributed by atoms with Crippen molar-refractivity contribution >= 4 is 5.91 Å². The highest BCUT2D eigenvalue weighted by atomic mass is 16.5. The molecule has 0 fully saturated rings. The summed E-state index contributed by atoms with van der Waals surface area (Å²) in [6.07, 6.45) is 22.4. The smallest absolute Gasteiger partial charge is 0.224 e. The average Bonchev–Trinajstić information content (AvgIpc) is 2.90. The van der Waals surface area contributed by atoms with Crippen LogP contribution in [0, 0.1) is 0 Å². The van der Waals surface area contributed by atoms with Gasteiger partial charge in [-0.25, -0.2) is 0 Å². The highest BCUT2D eigenvalue weighted by Gasteiger charge is 2.14. The lowest BCUT2D eigenvalue weighted by atomic mass is 10.1. The monoisotopic (exact) mass is 498 g/mol. The Morgan fingerprint density at radius 3 is 2.25 bits per heavy atom. The van der Waals surface area contributed by atoms with Crippen LogP contribution < -0.4 is 14.8 Å². The Morgan fingerprint density at radius 1 is 0.944 bits per heavy atom. The van der Waals surface area contributed by atoms with Gasteiger partial charge in [-0.2, -0.15) is 0 Å². The van der Waals surface area contributed by atoms with Crippen LogP contribution in [0.2, 0.25) is 0 Å². The maximum atomic E-state index is 12.6. The molecule has 202 valence electrons. The summed E-state index contributed by atoms with van der Waals surface area (Å²) in [6, 6.07) is 5.81. The van der Waals surface area contributed by atoms with Crippen molar-refractivity contribution in [2.75, 3.05) is 33.4 Å². The van der Waals surface area contributed by atoms with Crippen molar-refractivity contribution in [1.82, 2.24) is 10.2 Å². The van der Waals surface area contributed by atoms with E-state index in [-0.39, 0.29) is 12.3 Å². The SMILES string of the molecule is CCCCCCCCCCCCCCOc1cccc(CC(=O)NCC2=CC=CN(CC)C2)c1OC. The number of allylic oxidation sites excluding steroid dienone is 2. The standard InChI is InChI=1S/C31H50N2O3/c1-4-6-7-8-9-10-11-12-13-14-15-16-23-36-29-21-17-20-28(31(29)35-3)24-30(34)32-25-27-19-18-22-33(5-2)26-27/h17-22H,4-16,23-26H2,1-3H3,(H,32,34). The van der Waals surface area contributed by atoms with Crippen LogP contribution in [-0.2, 0) is 11.2 Å². The van der Waals surface area contributed by atoms with Crippen LogP contribution >= 0.6 is 0 Å². The van der Waals surface area contributed by atoms with Crippen molar-refractivity contribution < 1.29 is 14.3 Å². The molecule has 5 nitrogen and oxygen atoms in total. The van der Waals surface area contributed by atoms with Gasteiger partial charge in [0.2, 0.25) is 5.91 Å². The molecule has 1 heterocycles. The van der Waals surface area contributed by atoms with Gasteiger partial charge in [-0.3, -0.25) is 4.79 Å². The molecular weight excluding hydrogens is 448 g/mol. The van der Waals surface area contributed by atoms with Crippen molar-refractivity contribution in [2.24, 2.45) is 0 Å². The largest absolute Gasteiger partial charge is 0.493 e. The predicted octanol–water partition coefficient (Wildman–Crippen LogP) is 7.21. The van der Waals surface area contributed by atoms with E-state index in [1.54, 1.807) is 7.11 Å². The number of benzene rings is 1. The molecule has 0 unspecified atom stereocenters. The molecule has 1 aliphatic heterocycles. The Kier molecular flexibility index (Phi) is 15.5. The lowest BCUT2D eigenvalue weighted by Gasteiger charge is -2.23. The number of para-hydroxylation sites is 1. The van der Waals surface area contributed by atoms with Crippen LogP contribution in [-0.4, -0.2) is 44.2 Å². The molecule has 1 N–H and O–H groups in total. The summed E-state index contributed by atoms with van der Waals surface area (Å²) in [7, 11) is 1.64. The molecule has 0 radical (unpaired) electrons. The molecule has 36 heavy (non-hydrogen) atoms. The topological polar surface area (TPSA) is 50.8 Å². The summed E-state index contributed by atoms with van der Waals surface area (Å²) in [5.74, 6) is 1.39. The van der Waals surface area contributed by atoms with Gasteiger partial charge in [0.25, 0.3) is 0 Å². The summed E-state index contributed by atoms with van der Waals surface area (Å²) in [4.78, 5) is 14.8. The first-order chi connectivity index (χ1) is 17.7. The molecule has 1 aromatic carbocycles. The molecule has 0 bridgehead atoms. The molecule has 0 saturated carbocycles. The third kappa shape index (κ3) is 12.0. The molecular formula is C31H50N2O3. The fraction of sp³-hybridized carbons (Fsp3) is 0.645. The number of ether oxygens (including phenoxy) is 2. The van der Waals surface area contributed by atoms with E-state index < -0.39 is 0 Å². The van der Waals surface area contributed by atoms with Gasteiger partial charge in [-0.15, -0.1) is 0 Å². The molecule has 0 atom stereocenters. The highest BCUT2D eigenvalue weighted by molar-refractivity contribution is 5.80. The number of unbranched alkanes of at least 4 members (excludes halogenated alkanes) is 11. The zero-order chi connectivity index (χ0) is 25.8. The van der Waals surface area contributed by atoms with Crippen molar-refractivity contribution in [3.8, 4) is 11.5 Å². The van der Waals surface area contributed by atoms with Gasteiger partial charge in [0.1, 0.15) is 0 Å². The third-order valence-corrected chi connectivity index (χ3v) is 6.82. The fourth-order valence-electron chi connectivity index (χ4n) is 4.62. The van der Waals surface area contributed by atoms with Crippen LogP contribution in [0.1, 0.15) is 96.5 Å². The van der Waals surface area contributed by atoms with Gasteiger partial charge in [0.05, 0.1) is 20.1 Å². The normalized spacial score (nSPS) is 13.0. The maximum Gasteiger partial charge on any atom is 0.224 e. The number of hydrogen-bond donors (Lipinski definition) is 1. The Hall–Kier alpha value is -2.43. The van der Waals surface area contributed by atoms with Crippen molar-refractivity contribution in [3.05, 3.63) is 47.7 Å². The predicted molar refractivity (Wildman–Crippen MR) is 151 cm³/mol. The number of nitrogens with zero attached hydrogens (tertiary/aromatic N) is 1. The Bertz CT molecular complexity index is 803. The van der Waals surface area contributed by atoms with Crippen LogP contribution in [0.15, 0.2) is 42.1 Å². The van der Waals surface area contributed by atoms with Crippen LogP contribution in [0.3, 0.4) is 0 Å². The van der Waals surface area contributed by atoms with Gasteiger partial charge in [0, 0.05) is 25.2 Å². The van der Waals surface area contributed by atoms with Crippen LogP contribution in [0.25, 0.3) is 0 Å². The molecule has 1 aromatic rings. The summed E-state index contributed by atoms with van der Waals surface area (Å²) < 4.78 is 11.7. The third-order valence-electron chi connectivity index (χ3n) is 6.82. The molecule has 0 saturated heterocycles. The van der Waals surface area contributed by atoms with Crippen LogP contribution in [0.4, 0.5) is 0 Å². The molecule has 5 heteroatoms. The van der Waals surface area contributed by atoms with Crippen molar-refractivity contribution in [2.45, 2.75) is 97.3 Å². The maximum absolute atomic E-state index is 12.6. The summed E-state index contributed by atoms with van der Waals surface area (Å²) >= 11 is 0. The fourth-order valence-corrected chi connectivity index (χ4v) is 4.62. The number of carbonyl (C=O) groups excluding carboxylic acids is 1. The number of methoxy groups -OCH3 is 1. The average molecular weight is 499 g/mol. The van der Waals surface area contributed by atoms with E-state index in [1.807, 2.05) is 24.3 Å². The lowest BCUT2D eigenvalue weighted by Crippen LogP contribution is -2.31. The Morgan fingerprint density at radius 2 is 1.61 bits per heavy atom. The number of likely N-dealkylation sites (N-methyl/N-ethyl adjacent to an activating group) is 1. The first kappa shape index (κ1) is 29.8. The number of rotatable bonds is 20. The van der Waals surface area contributed by atoms with E-state index in [4.69, 9.17) is 9.47 Å². The molecule has 2 rings (SSSR count). The second-order valence-corrected chi connectivity index (χ2v) is 9.87. The van der Waals surface area contributed by atoms with Gasteiger partial charge >= 0.3 is 0 Å². The van der Waals surface area contributed by atoms with E-state index in [2.05, 4.69) is 36.3 Å². The van der Waals surface area contributed by atoms with Crippen LogP contribution in [0.5, 0.6) is 11.5 Å². The number of carbonyl (C=O) groups is 1. The number of nitrogens with one attached hydrogen (secondary N) is 1. The van der Waals surface area contributed by atoms with Gasteiger partial charge in [0.15, 0.2) is 11.5 Å². The zero-order valence-electron chi connectivity index (χ0n) is 23.2. The number of amides is 1. The van der Waals surface area contributed by atoms with E-state index >= 15 is 0 Å². The summed E-state index contributed by atoms with van der Waals surface area (Å²) in [5, 5.41) is 3.05. The highest BCUT2D eigenvalue weighted by Crippen LogP contribution is 2.31. The number of hydrogen-bond acceptors (Lipinski definition) is 4. The molecule has 1 aliphatic rings. The molecule has 0 aromatic heterocycles. The van der Waals surface area contributed by atoms with E-state index in [9.17, 15) is 4.79 Å². The molecule has 0 spiro atoms. The minimum atomic E-state index is -0.00934. The summed E-state index contributed by atoms with van der Waals surface area (Å²) in [6.45, 7) is 7.47. The van der Waals surface area contributed by atoms with Gasteiger partial charge in [-0.1, -0.05) is 95.8 Å². The minimum absolute atomic E-state index is 0.00934. The van der Waals surface area contributed by atoms with Gasteiger partial charge in [-0.05, 0) is 37.3 Å². The quantitative estimate of drug-likeness (QED) is 0.193. The van der Waals surface area contributed by atoms with Crippen molar-refractivity contribution in [3.63, 3.8) is 0 Å². The first-order valence-electron chi connectivity index (χ1n) is 14.3.